The van der Waals surface area contributed by atoms with Crippen molar-refractivity contribution in [2.24, 2.45) is 0 Å². The summed E-state index contributed by atoms with van der Waals surface area (Å²) in [6.45, 7) is 0.741. The highest BCUT2D eigenvalue weighted by molar-refractivity contribution is 5.88. The van der Waals surface area contributed by atoms with E-state index in [1.165, 1.54) is 49.4 Å². The van der Waals surface area contributed by atoms with Crippen LogP contribution in [0.25, 0.3) is 28.4 Å². The summed E-state index contributed by atoms with van der Waals surface area (Å²) in [6.07, 6.45) is -14.8. The third-order valence-electron chi connectivity index (χ3n) is 8.72. The van der Waals surface area contributed by atoms with Crippen LogP contribution < -0.4 is 10.2 Å². The Morgan fingerprint density at radius 2 is 1.43 bits per heavy atom. The molecule has 3 aromatic carbocycles. The third kappa shape index (κ3) is 7.92. The summed E-state index contributed by atoms with van der Waals surface area (Å²) in [4.78, 5) is 26.3. The number of carbonyl (C=O) groups is 1. The highest BCUT2D eigenvalue weighted by atomic mass is 16.8. The molecule has 6 rings (SSSR count). The van der Waals surface area contributed by atoms with E-state index >= 15 is 0 Å². The summed E-state index contributed by atoms with van der Waals surface area (Å²) < 4.78 is 34.3. The number of esters is 1. The number of hydrogen-bond donors (Lipinski definition) is 9. The molecule has 9 N–H and O–H groups in total. The van der Waals surface area contributed by atoms with E-state index in [0.717, 1.165) is 18.2 Å². The average Bonchev–Trinajstić information content (AvgIpc) is 3.12. The quantitative estimate of drug-likeness (QED) is 0.0838. The van der Waals surface area contributed by atoms with Crippen LogP contribution in [0.2, 0.25) is 0 Å². The topological polar surface area (TPSA) is 275 Å². The molecular formula is C36H36O17. The highest BCUT2D eigenvalue weighted by Crippen LogP contribution is 2.38. The molecule has 0 bridgehead atoms. The maximum atomic E-state index is 13.9. The van der Waals surface area contributed by atoms with Crippen molar-refractivity contribution in [3.05, 3.63) is 82.5 Å². The minimum Gasteiger partial charge on any atom is -0.508 e. The monoisotopic (exact) mass is 740 g/mol. The van der Waals surface area contributed by atoms with Gasteiger partial charge in [0, 0.05) is 23.8 Å². The number of phenolic OH excluding ortho intramolecular Hbond substituents is 4. The van der Waals surface area contributed by atoms with Gasteiger partial charge < -0.3 is 74.1 Å². The number of aliphatic hydroxyl groups excluding tert-OH is 5. The summed E-state index contributed by atoms with van der Waals surface area (Å²) in [5.74, 6) is -2.90. The van der Waals surface area contributed by atoms with Crippen molar-refractivity contribution in [1.82, 2.24) is 0 Å². The Morgan fingerprint density at radius 3 is 2.11 bits per heavy atom. The lowest BCUT2D eigenvalue weighted by Crippen LogP contribution is -2.64. The summed E-state index contributed by atoms with van der Waals surface area (Å²) in [5, 5.41) is 93.4. The van der Waals surface area contributed by atoms with Crippen LogP contribution in [-0.4, -0.2) is 120 Å². The molecule has 0 radical (unpaired) electrons. The number of fused-ring (bicyclic) bond motifs is 1. The molecule has 4 aromatic rings. The lowest BCUT2D eigenvalue weighted by Gasteiger charge is -2.45. The van der Waals surface area contributed by atoms with Gasteiger partial charge in [0.25, 0.3) is 0 Å². The van der Waals surface area contributed by atoms with Gasteiger partial charge >= 0.3 is 5.97 Å². The fourth-order valence-corrected chi connectivity index (χ4v) is 5.82. The first-order chi connectivity index (χ1) is 25.2. The van der Waals surface area contributed by atoms with Crippen LogP contribution in [-0.2, 0) is 23.7 Å². The number of carbonyl (C=O) groups excluding carboxylic acids is 1. The van der Waals surface area contributed by atoms with Crippen molar-refractivity contribution >= 4 is 23.0 Å². The second-order valence-electron chi connectivity index (χ2n) is 12.5. The fourth-order valence-electron chi connectivity index (χ4n) is 5.82. The normalized spacial score (nSPS) is 28.9. The van der Waals surface area contributed by atoms with Gasteiger partial charge in [-0.05, 0) is 55.0 Å². The minimum absolute atomic E-state index is 0.0280. The fraction of sp³-hybridized carbons (Fsp3) is 0.333. The van der Waals surface area contributed by atoms with Crippen molar-refractivity contribution in [1.29, 1.82) is 0 Å². The lowest BCUT2D eigenvalue weighted by molar-refractivity contribution is -0.355. The maximum Gasteiger partial charge on any atom is 0.330 e. The number of phenols is 4. The molecule has 282 valence electrons. The molecule has 17 nitrogen and oxygen atoms in total. The van der Waals surface area contributed by atoms with E-state index in [-0.39, 0.29) is 28.4 Å². The molecule has 10 atom stereocenters. The number of aromatic hydroxyl groups is 4. The summed E-state index contributed by atoms with van der Waals surface area (Å²) in [5.41, 5.74) is -0.454. The molecular weight excluding hydrogens is 704 g/mol. The Hall–Kier alpha value is -5.24. The van der Waals surface area contributed by atoms with Crippen LogP contribution >= 0.6 is 0 Å². The number of ether oxygens (including phenoxy) is 5. The molecule has 2 aliphatic rings. The van der Waals surface area contributed by atoms with E-state index in [4.69, 9.17) is 28.1 Å². The summed E-state index contributed by atoms with van der Waals surface area (Å²) in [6, 6.07) is 13.2. The molecule has 0 unspecified atom stereocenters. The molecule has 2 aliphatic heterocycles. The maximum absolute atomic E-state index is 13.9. The van der Waals surface area contributed by atoms with Crippen LogP contribution in [0.3, 0.4) is 0 Å². The van der Waals surface area contributed by atoms with Crippen molar-refractivity contribution in [2.75, 3.05) is 6.61 Å². The second-order valence-corrected chi connectivity index (χ2v) is 12.5. The Balaban J connectivity index is 1.27. The van der Waals surface area contributed by atoms with Gasteiger partial charge in [0.05, 0.1) is 6.10 Å². The molecule has 2 saturated heterocycles. The molecule has 3 heterocycles. The smallest absolute Gasteiger partial charge is 0.330 e. The van der Waals surface area contributed by atoms with E-state index in [1.807, 2.05) is 0 Å². The molecule has 0 spiro atoms. The van der Waals surface area contributed by atoms with Crippen LogP contribution in [0.5, 0.6) is 28.7 Å². The van der Waals surface area contributed by atoms with Crippen molar-refractivity contribution in [3.8, 4) is 40.1 Å². The molecule has 0 saturated carbocycles. The standard InChI is InChI=1S/C36H36O17/c1-15-26(42)30(46)34(53-35-31(47)29(45)27(43)23(51-35)14-48-24(41)11-4-16-2-7-18(37)8-3-16)36(49-15)52-33-28(44)25-21(40)12-20(39)13-22(25)50-32(33)17-5-9-19(38)10-6-17/h2-13,15,23,26-27,29-31,34-40,42-43,45-47H,14H2,1H3/b11-4+/t15-,23-,26+,27+,29+,30+,31-,34+,35+,36-/m0/s1. The molecule has 53 heavy (non-hydrogen) atoms. The number of rotatable bonds is 9. The zero-order chi connectivity index (χ0) is 38.1. The first-order valence-electron chi connectivity index (χ1n) is 16.2. The highest BCUT2D eigenvalue weighted by Gasteiger charge is 2.51. The zero-order valence-corrected chi connectivity index (χ0v) is 27.7. The van der Waals surface area contributed by atoms with Crippen LogP contribution in [0.1, 0.15) is 12.5 Å². The van der Waals surface area contributed by atoms with E-state index in [1.54, 1.807) is 12.1 Å². The predicted molar refractivity (Wildman–Crippen MR) is 180 cm³/mol. The predicted octanol–water partition coefficient (Wildman–Crippen LogP) is 0.577. The number of aliphatic hydroxyl groups is 5. The molecule has 2 fully saturated rings. The third-order valence-corrected chi connectivity index (χ3v) is 8.72. The van der Waals surface area contributed by atoms with Gasteiger partial charge in [-0.3, -0.25) is 4.79 Å². The first kappa shape index (κ1) is 37.5. The average molecular weight is 741 g/mol. The lowest BCUT2D eigenvalue weighted by atomic mass is 9.97. The number of hydrogen-bond acceptors (Lipinski definition) is 17. The van der Waals surface area contributed by atoms with Gasteiger partial charge in [0.1, 0.15) is 77.2 Å². The van der Waals surface area contributed by atoms with Gasteiger partial charge in [-0.2, -0.15) is 0 Å². The molecule has 17 heteroatoms. The van der Waals surface area contributed by atoms with Crippen molar-refractivity contribution in [2.45, 2.75) is 68.3 Å². The Kier molecular flexibility index (Phi) is 10.9. The van der Waals surface area contributed by atoms with E-state index in [2.05, 4.69) is 0 Å². The van der Waals surface area contributed by atoms with E-state index in [0.29, 0.717) is 5.56 Å². The van der Waals surface area contributed by atoms with E-state index in [9.17, 15) is 55.5 Å². The van der Waals surface area contributed by atoms with Gasteiger partial charge in [0.2, 0.25) is 17.5 Å². The van der Waals surface area contributed by atoms with Gasteiger partial charge in [-0.25, -0.2) is 4.79 Å². The SMILES string of the molecule is C[C@@H]1O[C@@H](Oc2c(-c3ccc(O)cc3)oc3cc(O)cc(O)c3c2=O)[C@H](O[C@H]2O[C@@H](COC(=O)/C=C/c3ccc(O)cc3)[C@@H](O)[C@@H](O)[C@@H]2O)[C@H](O)[C@@H]1O. The van der Waals surface area contributed by atoms with Gasteiger partial charge in [0.15, 0.2) is 18.2 Å². The second kappa shape index (κ2) is 15.4. The summed E-state index contributed by atoms with van der Waals surface area (Å²) >= 11 is 0. The van der Waals surface area contributed by atoms with Crippen molar-refractivity contribution < 1.29 is 78.9 Å². The first-order valence-corrected chi connectivity index (χ1v) is 16.2. The van der Waals surface area contributed by atoms with Gasteiger partial charge in [-0.1, -0.05) is 12.1 Å². The number of benzene rings is 3. The summed E-state index contributed by atoms with van der Waals surface area (Å²) in [7, 11) is 0. The van der Waals surface area contributed by atoms with Crippen LogP contribution in [0.15, 0.2) is 76.0 Å². The molecule has 0 aliphatic carbocycles. The van der Waals surface area contributed by atoms with Crippen LogP contribution in [0, 0.1) is 0 Å². The van der Waals surface area contributed by atoms with E-state index < -0.39 is 102 Å². The Morgan fingerprint density at radius 1 is 0.774 bits per heavy atom. The zero-order valence-electron chi connectivity index (χ0n) is 27.7. The largest absolute Gasteiger partial charge is 0.508 e. The van der Waals surface area contributed by atoms with Gasteiger partial charge in [-0.15, -0.1) is 0 Å². The minimum atomic E-state index is -1.97. The molecule has 0 amide bonds. The Labute approximate surface area is 299 Å². The Bertz CT molecular complexity index is 2010. The molecule has 1 aromatic heterocycles. The van der Waals surface area contributed by atoms with Crippen LogP contribution in [0.4, 0.5) is 0 Å². The van der Waals surface area contributed by atoms with Crippen molar-refractivity contribution in [3.63, 3.8) is 0 Å².